The molecule has 0 aliphatic rings. The zero-order valence-corrected chi connectivity index (χ0v) is 19.1. The first kappa shape index (κ1) is 24.6. The van der Waals surface area contributed by atoms with Crippen molar-refractivity contribution in [3.63, 3.8) is 0 Å². The number of nitrogens with one attached hydrogen (secondary N) is 3. The summed E-state index contributed by atoms with van der Waals surface area (Å²) >= 11 is 0. The number of pyridine rings is 1. The minimum atomic E-state index is -0.301. The summed E-state index contributed by atoms with van der Waals surface area (Å²) in [5.74, 6) is 1.27. The highest BCUT2D eigenvalue weighted by Crippen LogP contribution is 2.12. The molecule has 2 rings (SSSR count). The van der Waals surface area contributed by atoms with E-state index in [9.17, 15) is 9.18 Å². The van der Waals surface area contributed by atoms with Gasteiger partial charge in [0.25, 0.3) is 0 Å². The molecule has 1 aromatic heterocycles. The number of rotatable bonds is 8. The van der Waals surface area contributed by atoms with Gasteiger partial charge in [-0.1, -0.05) is 6.07 Å². The molecule has 0 bridgehead atoms. The second-order valence-electron chi connectivity index (χ2n) is 6.22. The van der Waals surface area contributed by atoms with E-state index in [1.807, 2.05) is 26.0 Å². The summed E-state index contributed by atoms with van der Waals surface area (Å²) in [6.45, 7) is 4.68. The fraction of sp³-hybridized carbons (Fsp3) is 0.350. The largest absolute Gasteiger partial charge is 0.489 e. The van der Waals surface area contributed by atoms with E-state index in [2.05, 4.69) is 25.9 Å². The summed E-state index contributed by atoms with van der Waals surface area (Å²) in [5, 5.41) is 8.96. The average molecular weight is 515 g/mol. The molecule has 2 aromatic rings. The van der Waals surface area contributed by atoms with Crippen LogP contribution in [0.15, 0.2) is 47.5 Å². The highest BCUT2D eigenvalue weighted by atomic mass is 127. The minimum absolute atomic E-state index is 0. The van der Waals surface area contributed by atoms with Crippen LogP contribution in [0.25, 0.3) is 0 Å². The number of aliphatic imine (C=N–C) groups is 1. The minimum Gasteiger partial charge on any atom is -0.489 e. The number of anilines is 1. The lowest BCUT2D eigenvalue weighted by atomic mass is 10.3. The molecule has 0 aliphatic heterocycles. The second kappa shape index (κ2) is 12.9. The third-order valence-corrected chi connectivity index (χ3v) is 3.73. The zero-order valence-electron chi connectivity index (χ0n) is 16.7. The number of amides is 1. The second-order valence-corrected chi connectivity index (χ2v) is 6.22. The number of aromatic nitrogens is 1. The molecule has 0 saturated carbocycles. The van der Waals surface area contributed by atoms with E-state index in [1.54, 1.807) is 25.2 Å². The molecule has 7 nitrogen and oxygen atoms in total. The van der Waals surface area contributed by atoms with Crippen LogP contribution in [0.3, 0.4) is 0 Å². The number of ether oxygens (including phenoxy) is 1. The molecule has 3 N–H and O–H groups in total. The average Bonchev–Trinajstić information content (AvgIpc) is 2.66. The Labute approximate surface area is 187 Å². The number of hydrogen-bond donors (Lipinski definition) is 3. The summed E-state index contributed by atoms with van der Waals surface area (Å²) in [5.41, 5.74) is 0.845. The van der Waals surface area contributed by atoms with Gasteiger partial charge in [-0.05, 0) is 50.2 Å². The van der Waals surface area contributed by atoms with Crippen LogP contribution in [0.5, 0.6) is 5.75 Å². The molecule has 0 radical (unpaired) electrons. The van der Waals surface area contributed by atoms with Crippen LogP contribution < -0.4 is 20.7 Å². The van der Waals surface area contributed by atoms with Gasteiger partial charge in [0.05, 0.1) is 6.54 Å². The third kappa shape index (κ3) is 9.55. The molecule has 1 atom stereocenters. The first-order chi connectivity index (χ1) is 13.5. The van der Waals surface area contributed by atoms with Crippen molar-refractivity contribution in [3.8, 4) is 5.75 Å². The van der Waals surface area contributed by atoms with E-state index < -0.39 is 0 Å². The molecule has 1 amide bonds. The first-order valence-electron chi connectivity index (χ1n) is 9.06. The molecule has 0 fully saturated rings. The molecule has 1 aromatic carbocycles. The van der Waals surface area contributed by atoms with E-state index >= 15 is 0 Å². The van der Waals surface area contributed by atoms with Crippen molar-refractivity contribution in [1.82, 2.24) is 15.6 Å². The summed E-state index contributed by atoms with van der Waals surface area (Å²) in [4.78, 5) is 20.3. The van der Waals surface area contributed by atoms with E-state index in [0.717, 1.165) is 5.69 Å². The van der Waals surface area contributed by atoms with E-state index in [4.69, 9.17) is 4.74 Å². The van der Waals surface area contributed by atoms with Gasteiger partial charge in [-0.25, -0.2) is 9.37 Å². The first-order valence-corrected chi connectivity index (χ1v) is 9.06. The number of halogens is 2. The Hall–Kier alpha value is -2.43. The van der Waals surface area contributed by atoms with Crippen LogP contribution >= 0.6 is 24.0 Å². The van der Waals surface area contributed by atoms with Crippen molar-refractivity contribution in [2.75, 3.05) is 25.5 Å². The number of hydrogen-bond acceptors (Lipinski definition) is 4. The Balaban J connectivity index is 0.00000420. The lowest BCUT2D eigenvalue weighted by Crippen LogP contribution is -2.42. The van der Waals surface area contributed by atoms with Gasteiger partial charge in [0.1, 0.15) is 23.5 Å². The number of nitrogens with zero attached hydrogens (tertiary/aromatic N) is 2. The summed E-state index contributed by atoms with van der Waals surface area (Å²) < 4.78 is 18.6. The number of guanidine groups is 1. The van der Waals surface area contributed by atoms with Gasteiger partial charge in [0, 0.05) is 25.7 Å². The van der Waals surface area contributed by atoms with Crippen molar-refractivity contribution in [2.24, 2.45) is 4.99 Å². The highest BCUT2D eigenvalue weighted by molar-refractivity contribution is 14.0. The van der Waals surface area contributed by atoms with Gasteiger partial charge in [0.15, 0.2) is 5.96 Å². The van der Waals surface area contributed by atoms with Crippen LogP contribution in [0, 0.1) is 12.7 Å². The fourth-order valence-corrected chi connectivity index (χ4v) is 2.36. The topological polar surface area (TPSA) is 87.6 Å². The predicted octanol–water partition coefficient (Wildman–Crippen LogP) is 3.11. The SMILES string of the molecule is CN=C(NCCC(=O)Nc1cccc(C)n1)NCC(C)Oc1ccc(F)cc1.I. The van der Waals surface area contributed by atoms with Crippen molar-refractivity contribution in [2.45, 2.75) is 26.4 Å². The maximum absolute atomic E-state index is 12.9. The number of aryl methyl sites for hydroxylation is 1. The lowest BCUT2D eigenvalue weighted by molar-refractivity contribution is -0.116. The Kier molecular flexibility index (Phi) is 11.0. The zero-order chi connectivity index (χ0) is 20.4. The van der Waals surface area contributed by atoms with E-state index in [-0.39, 0.29) is 48.2 Å². The van der Waals surface area contributed by atoms with Crippen molar-refractivity contribution in [3.05, 3.63) is 54.0 Å². The molecule has 1 heterocycles. The van der Waals surface area contributed by atoms with Gasteiger partial charge >= 0.3 is 0 Å². The molecule has 0 saturated heterocycles. The Morgan fingerprint density at radius 1 is 1.21 bits per heavy atom. The fourth-order valence-electron chi connectivity index (χ4n) is 2.36. The summed E-state index contributed by atoms with van der Waals surface area (Å²) in [6, 6.07) is 11.3. The smallest absolute Gasteiger partial charge is 0.227 e. The van der Waals surface area contributed by atoms with E-state index in [0.29, 0.717) is 30.6 Å². The van der Waals surface area contributed by atoms with Gasteiger partial charge in [-0.15, -0.1) is 24.0 Å². The predicted molar refractivity (Wildman–Crippen MR) is 123 cm³/mol. The third-order valence-electron chi connectivity index (χ3n) is 3.73. The van der Waals surface area contributed by atoms with Gasteiger partial charge in [0.2, 0.25) is 5.91 Å². The molecule has 1 unspecified atom stereocenters. The van der Waals surface area contributed by atoms with Crippen molar-refractivity contribution >= 4 is 41.7 Å². The standard InChI is InChI=1S/C20H26FN5O2.HI/c1-14-5-4-6-18(25-14)26-19(27)11-12-23-20(22-3)24-13-15(2)28-17-9-7-16(21)8-10-17;/h4-10,15H,11-13H2,1-3H3,(H2,22,23,24)(H,25,26,27);1H. The van der Waals surface area contributed by atoms with Crippen LogP contribution in [0.2, 0.25) is 0 Å². The highest BCUT2D eigenvalue weighted by Gasteiger charge is 2.07. The van der Waals surface area contributed by atoms with Crippen LogP contribution in [0.4, 0.5) is 10.2 Å². The van der Waals surface area contributed by atoms with Gasteiger partial charge in [-0.3, -0.25) is 9.79 Å². The van der Waals surface area contributed by atoms with E-state index in [1.165, 1.54) is 12.1 Å². The normalized spacial score (nSPS) is 11.8. The van der Waals surface area contributed by atoms with Crippen LogP contribution in [-0.4, -0.2) is 43.1 Å². The lowest BCUT2D eigenvalue weighted by Gasteiger charge is -2.17. The number of carbonyl (C=O) groups excluding carboxylic acids is 1. The number of benzene rings is 1. The summed E-state index contributed by atoms with van der Waals surface area (Å²) in [7, 11) is 1.65. The molecule has 29 heavy (non-hydrogen) atoms. The maximum Gasteiger partial charge on any atom is 0.227 e. The molecule has 9 heteroatoms. The Morgan fingerprint density at radius 3 is 2.59 bits per heavy atom. The quantitative estimate of drug-likeness (QED) is 0.286. The molecule has 0 aliphatic carbocycles. The van der Waals surface area contributed by atoms with Crippen LogP contribution in [-0.2, 0) is 4.79 Å². The summed E-state index contributed by atoms with van der Waals surface area (Å²) in [6.07, 6.45) is 0.123. The number of carbonyl (C=O) groups is 1. The Morgan fingerprint density at radius 2 is 1.93 bits per heavy atom. The van der Waals surface area contributed by atoms with Crippen molar-refractivity contribution in [1.29, 1.82) is 0 Å². The monoisotopic (exact) mass is 515 g/mol. The van der Waals surface area contributed by atoms with Crippen LogP contribution in [0.1, 0.15) is 19.0 Å². The van der Waals surface area contributed by atoms with Gasteiger partial charge < -0.3 is 20.7 Å². The molecule has 158 valence electrons. The molecular formula is C20H27FIN5O2. The Bertz CT molecular complexity index is 802. The van der Waals surface area contributed by atoms with Gasteiger partial charge in [-0.2, -0.15) is 0 Å². The van der Waals surface area contributed by atoms with Crippen molar-refractivity contribution < 1.29 is 13.9 Å². The molecular weight excluding hydrogens is 488 g/mol. The maximum atomic E-state index is 12.9. The molecule has 0 spiro atoms.